The summed E-state index contributed by atoms with van der Waals surface area (Å²) in [6.45, 7) is 7.17. The molecule has 11 nitrogen and oxygen atoms in total. The normalized spacial score (nSPS) is 27.7. The third-order valence-electron chi connectivity index (χ3n) is 8.78. The molecular formula is C29H35N3O8Si. The van der Waals surface area contributed by atoms with E-state index in [4.69, 9.17) is 14.2 Å². The number of anilines is 3. The van der Waals surface area contributed by atoms with E-state index in [0.717, 1.165) is 5.56 Å². The number of cyclic esters (lactones) is 2. The first-order valence-corrected chi connectivity index (χ1v) is 17.0. The molecular weight excluding hydrogens is 546 g/mol. The van der Waals surface area contributed by atoms with Gasteiger partial charge < -0.3 is 29.0 Å². The van der Waals surface area contributed by atoms with E-state index in [1.54, 1.807) is 15.9 Å². The maximum Gasteiger partial charge on any atom is 0.414 e. The largest absolute Gasteiger partial charge is 0.447 e. The number of amides is 3. The van der Waals surface area contributed by atoms with Crippen molar-refractivity contribution in [1.82, 2.24) is 0 Å². The van der Waals surface area contributed by atoms with Crippen molar-refractivity contribution in [2.45, 2.75) is 50.2 Å². The van der Waals surface area contributed by atoms with Crippen LogP contribution in [0.4, 0.5) is 26.7 Å². The zero-order chi connectivity index (χ0) is 29.1. The highest BCUT2D eigenvalue weighted by molar-refractivity contribution is 6.71. The minimum absolute atomic E-state index is 0.134. The molecule has 1 spiro atoms. The summed E-state index contributed by atoms with van der Waals surface area (Å²) in [5.41, 5.74) is 1.69. The number of carbonyl (C=O) groups is 3. The summed E-state index contributed by atoms with van der Waals surface area (Å²) in [7, 11) is -2.85. The SMILES string of the molecule is C[C@@H]1[C@@H]([Si](C)(C)O)[C@H](CCO)O[C@@]12C(=O)N(Cc1cccc(N3CCOC3=O)c1)c1ccc(N3CCOC3=O)cc12. The predicted molar refractivity (Wildman–Crippen MR) is 152 cm³/mol. The van der Waals surface area contributed by atoms with Crippen molar-refractivity contribution in [2.24, 2.45) is 5.92 Å². The summed E-state index contributed by atoms with van der Waals surface area (Å²) >= 11 is 0. The number of benzene rings is 2. The lowest BCUT2D eigenvalue weighted by Crippen LogP contribution is -2.46. The van der Waals surface area contributed by atoms with Gasteiger partial charge in [-0.25, -0.2) is 9.59 Å². The number of fused-ring (bicyclic) bond motifs is 2. The molecule has 41 heavy (non-hydrogen) atoms. The summed E-state index contributed by atoms with van der Waals surface area (Å²) in [6.07, 6.45) is -1.06. The molecule has 4 aliphatic heterocycles. The lowest BCUT2D eigenvalue weighted by molar-refractivity contribution is -0.146. The molecule has 12 heteroatoms. The molecule has 4 heterocycles. The van der Waals surface area contributed by atoms with Crippen LogP contribution in [0.2, 0.25) is 18.6 Å². The molecule has 0 bridgehead atoms. The molecule has 2 N–H and O–H groups in total. The summed E-state index contributed by atoms with van der Waals surface area (Å²) in [4.78, 5) is 55.3. The summed E-state index contributed by atoms with van der Waals surface area (Å²) in [5.74, 6) is -0.649. The minimum Gasteiger partial charge on any atom is -0.447 e. The molecule has 0 aliphatic carbocycles. The molecule has 0 unspecified atom stereocenters. The minimum atomic E-state index is -2.85. The van der Waals surface area contributed by atoms with Crippen LogP contribution in [-0.4, -0.2) is 75.3 Å². The van der Waals surface area contributed by atoms with Gasteiger partial charge in [0, 0.05) is 35.0 Å². The van der Waals surface area contributed by atoms with Gasteiger partial charge in [0.05, 0.1) is 31.4 Å². The summed E-state index contributed by atoms with van der Waals surface area (Å²) in [6, 6.07) is 12.9. The molecule has 2 aromatic carbocycles. The Balaban J connectivity index is 1.43. The van der Waals surface area contributed by atoms with Crippen LogP contribution >= 0.6 is 0 Å². The van der Waals surface area contributed by atoms with Crippen LogP contribution in [0.25, 0.3) is 0 Å². The Kier molecular flexibility index (Phi) is 6.84. The van der Waals surface area contributed by atoms with Crippen molar-refractivity contribution in [1.29, 1.82) is 0 Å². The van der Waals surface area contributed by atoms with Crippen molar-refractivity contribution in [2.75, 3.05) is 47.6 Å². The first kappa shape index (κ1) is 27.7. The highest BCUT2D eigenvalue weighted by atomic mass is 28.4. The van der Waals surface area contributed by atoms with Crippen molar-refractivity contribution in [3.05, 3.63) is 53.6 Å². The molecule has 0 aromatic heterocycles. The molecule has 0 radical (unpaired) electrons. The van der Waals surface area contributed by atoms with Crippen LogP contribution in [0.15, 0.2) is 42.5 Å². The van der Waals surface area contributed by atoms with Gasteiger partial charge in [-0.2, -0.15) is 0 Å². The van der Waals surface area contributed by atoms with Gasteiger partial charge in [-0.05, 0) is 55.4 Å². The fourth-order valence-electron chi connectivity index (χ4n) is 7.05. The molecule has 3 saturated heterocycles. The van der Waals surface area contributed by atoms with Gasteiger partial charge in [0.2, 0.25) is 0 Å². The van der Waals surface area contributed by atoms with Gasteiger partial charge >= 0.3 is 12.2 Å². The van der Waals surface area contributed by atoms with Crippen molar-refractivity contribution >= 4 is 43.5 Å². The second kappa shape index (κ2) is 10.1. The van der Waals surface area contributed by atoms with Crippen LogP contribution in [0.5, 0.6) is 0 Å². The quantitative estimate of drug-likeness (QED) is 0.477. The number of carbonyl (C=O) groups excluding carboxylic acids is 3. The zero-order valence-corrected chi connectivity index (χ0v) is 24.4. The topological polar surface area (TPSA) is 129 Å². The van der Waals surface area contributed by atoms with E-state index in [1.807, 2.05) is 56.4 Å². The number of hydrogen-bond acceptors (Lipinski definition) is 8. The third-order valence-corrected chi connectivity index (χ3v) is 11.3. The molecule has 4 aliphatic rings. The van der Waals surface area contributed by atoms with Crippen LogP contribution in [0.3, 0.4) is 0 Å². The van der Waals surface area contributed by atoms with E-state index in [9.17, 15) is 24.3 Å². The average molecular weight is 582 g/mol. The molecule has 0 saturated carbocycles. The summed E-state index contributed by atoms with van der Waals surface area (Å²) < 4.78 is 16.9. The molecule has 4 atom stereocenters. The molecule has 218 valence electrons. The second-order valence-electron chi connectivity index (χ2n) is 11.7. The maximum absolute atomic E-state index is 14.6. The first-order chi connectivity index (χ1) is 19.6. The molecule has 3 fully saturated rings. The van der Waals surface area contributed by atoms with Gasteiger partial charge in [-0.3, -0.25) is 14.6 Å². The van der Waals surface area contributed by atoms with Gasteiger partial charge in [-0.15, -0.1) is 0 Å². The fourth-order valence-corrected chi connectivity index (χ4v) is 9.65. The van der Waals surface area contributed by atoms with E-state index in [2.05, 4.69) is 0 Å². The Morgan fingerprint density at radius 3 is 2.22 bits per heavy atom. The number of ether oxygens (including phenoxy) is 3. The number of rotatable bonds is 7. The van der Waals surface area contributed by atoms with Crippen LogP contribution < -0.4 is 14.7 Å². The Morgan fingerprint density at radius 2 is 1.63 bits per heavy atom. The van der Waals surface area contributed by atoms with Crippen LogP contribution in [-0.2, 0) is 31.2 Å². The molecule has 2 aromatic rings. The van der Waals surface area contributed by atoms with Gasteiger partial charge in [0.25, 0.3) is 5.91 Å². The van der Waals surface area contributed by atoms with Crippen molar-refractivity contribution in [3.8, 4) is 0 Å². The van der Waals surface area contributed by atoms with Crippen molar-refractivity contribution < 1.29 is 38.5 Å². The van der Waals surface area contributed by atoms with E-state index < -0.39 is 38.1 Å². The highest BCUT2D eigenvalue weighted by Crippen LogP contribution is 2.60. The van der Waals surface area contributed by atoms with E-state index >= 15 is 0 Å². The van der Waals surface area contributed by atoms with E-state index in [-0.39, 0.29) is 31.2 Å². The Labute approximate surface area is 239 Å². The lowest BCUT2D eigenvalue weighted by Gasteiger charge is -2.32. The predicted octanol–water partition coefficient (Wildman–Crippen LogP) is 3.33. The van der Waals surface area contributed by atoms with Crippen LogP contribution in [0, 0.1) is 5.92 Å². The fraction of sp³-hybridized carbons (Fsp3) is 0.483. The maximum atomic E-state index is 14.6. The zero-order valence-electron chi connectivity index (χ0n) is 23.4. The van der Waals surface area contributed by atoms with Crippen molar-refractivity contribution in [3.63, 3.8) is 0 Å². The molecule has 3 amide bonds. The number of nitrogens with zero attached hydrogens (tertiary/aromatic N) is 3. The number of aliphatic hydroxyl groups excluding tert-OH is 1. The van der Waals surface area contributed by atoms with Gasteiger partial charge in [0.1, 0.15) is 13.2 Å². The summed E-state index contributed by atoms with van der Waals surface area (Å²) in [5, 5.41) is 9.85. The number of hydrogen-bond donors (Lipinski definition) is 2. The van der Waals surface area contributed by atoms with Gasteiger partial charge in [0.15, 0.2) is 13.9 Å². The smallest absolute Gasteiger partial charge is 0.414 e. The lowest BCUT2D eigenvalue weighted by atomic mass is 9.82. The van der Waals surface area contributed by atoms with E-state index in [1.165, 1.54) is 4.90 Å². The first-order valence-electron chi connectivity index (χ1n) is 14.0. The number of aliphatic hydroxyl groups is 1. The highest BCUT2D eigenvalue weighted by Gasteiger charge is 2.66. The monoisotopic (exact) mass is 581 g/mol. The Hall–Kier alpha value is -3.45. The van der Waals surface area contributed by atoms with Gasteiger partial charge in [-0.1, -0.05) is 19.1 Å². The molecule has 6 rings (SSSR count). The second-order valence-corrected chi connectivity index (χ2v) is 15.6. The Morgan fingerprint density at radius 1 is 0.976 bits per heavy atom. The third kappa shape index (κ3) is 4.40. The Bertz CT molecular complexity index is 1400. The average Bonchev–Trinajstić information content (AvgIpc) is 3.67. The standard InChI is InChI=1S/C29H35N3O8Si/c1-18-25(41(2,3)37)24(9-12-33)40-29(18)22-16-21(31-11-14-39-28(31)36)7-8-23(22)32(26(29)34)17-19-5-4-6-20(15-19)30-10-13-38-27(30)35/h4-8,15-16,18,24-25,33,37H,9-14,17H2,1-3H3/t18-,24+,25-,29+/m1/s1. The van der Waals surface area contributed by atoms with E-state index in [0.29, 0.717) is 48.7 Å². The van der Waals surface area contributed by atoms with Crippen LogP contribution in [0.1, 0.15) is 24.5 Å².